The maximum absolute atomic E-state index is 13.5. The highest BCUT2D eigenvalue weighted by atomic mass is 79.9. The van der Waals surface area contributed by atoms with Gasteiger partial charge in [-0.25, -0.2) is 8.42 Å². The monoisotopic (exact) mass is 557 g/mol. The molecule has 0 spiro atoms. The van der Waals surface area contributed by atoms with Gasteiger partial charge in [0.25, 0.3) is 0 Å². The van der Waals surface area contributed by atoms with Crippen LogP contribution in [0.15, 0.2) is 53.0 Å². The predicted octanol–water partition coefficient (Wildman–Crippen LogP) is 4.20. The molecule has 180 valence electrons. The highest BCUT2D eigenvalue weighted by Crippen LogP contribution is 2.23. The molecular weight excluding hydrogens is 530 g/mol. The summed E-state index contributed by atoms with van der Waals surface area (Å²) in [5.41, 5.74) is 1.02. The van der Waals surface area contributed by atoms with Gasteiger partial charge < -0.3 is 10.2 Å². The van der Waals surface area contributed by atoms with Gasteiger partial charge in [-0.15, -0.1) is 0 Å². The zero-order valence-corrected chi connectivity index (χ0v) is 22.2. The number of amides is 2. The lowest BCUT2D eigenvalue weighted by Crippen LogP contribution is -2.53. The number of hydrogen-bond acceptors (Lipinski definition) is 4. The third kappa shape index (κ3) is 7.72. The minimum absolute atomic E-state index is 0.0699. The second-order valence-electron chi connectivity index (χ2n) is 7.95. The molecule has 2 aromatic rings. The SMILES string of the molecule is CCC(C(=O)NC(C)C)N(Cc1ccccc1Cl)C(=O)CN(c1ccc(Br)cc1)S(C)(=O)=O. The molecule has 0 aliphatic heterocycles. The van der Waals surface area contributed by atoms with Crippen LogP contribution in [0.3, 0.4) is 0 Å². The van der Waals surface area contributed by atoms with Gasteiger partial charge >= 0.3 is 0 Å². The van der Waals surface area contributed by atoms with Gasteiger partial charge in [0.15, 0.2) is 0 Å². The van der Waals surface area contributed by atoms with Crippen molar-refractivity contribution in [3.05, 3.63) is 63.6 Å². The highest BCUT2D eigenvalue weighted by Gasteiger charge is 2.32. The molecule has 0 aliphatic carbocycles. The molecule has 1 atom stereocenters. The van der Waals surface area contributed by atoms with E-state index >= 15 is 0 Å². The number of anilines is 1. The first kappa shape index (κ1) is 27.1. The van der Waals surface area contributed by atoms with Gasteiger partial charge in [0.1, 0.15) is 12.6 Å². The molecule has 33 heavy (non-hydrogen) atoms. The number of hydrogen-bond donors (Lipinski definition) is 1. The van der Waals surface area contributed by atoms with Gasteiger partial charge in [-0.1, -0.05) is 52.7 Å². The molecular formula is C23H29BrClN3O4S. The zero-order chi connectivity index (χ0) is 24.8. The molecule has 1 unspecified atom stereocenters. The van der Waals surface area contributed by atoms with Crippen molar-refractivity contribution in [3.8, 4) is 0 Å². The Morgan fingerprint density at radius 3 is 2.21 bits per heavy atom. The largest absolute Gasteiger partial charge is 0.352 e. The highest BCUT2D eigenvalue weighted by molar-refractivity contribution is 9.10. The first-order valence-corrected chi connectivity index (χ1v) is 13.5. The van der Waals surface area contributed by atoms with Crippen LogP contribution in [-0.4, -0.2) is 50.0 Å². The fourth-order valence-corrected chi connectivity index (χ4v) is 4.64. The van der Waals surface area contributed by atoms with E-state index in [2.05, 4.69) is 21.2 Å². The predicted molar refractivity (Wildman–Crippen MR) is 136 cm³/mol. The van der Waals surface area contributed by atoms with E-state index in [9.17, 15) is 18.0 Å². The van der Waals surface area contributed by atoms with Crippen molar-refractivity contribution in [2.24, 2.45) is 0 Å². The maximum atomic E-state index is 13.5. The van der Waals surface area contributed by atoms with Crippen LogP contribution in [0.25, 0.3) is 0 Å². The minimum atomic E-state index is -3.77. The number of rotatable bonds is 10. The van der Waals surface area contributed by atoms with Gasteiger partial charge in [-0.05, 0) is 56.2 Å². The summed E-state index contributed by atoms with van der Waals surface area (Å²) >= 11 is 9.65. The standard InChI is InChI=1S/C23H29BrClN3O4S/c1-5-21(23(30)26-16(2)3)27(14-17-8-6-7-9-20(17)25)22(29)15-28(33(4,31)32)19-12-10-18(24)11-13-19/h6-13,16,21H,5,14-15H2,1-4H3,(H,26,30). The number of sulfonamides is 1. The van der Waals surface area contributed by atoms with E-state index in [0.717, 1.165) is 15.0 Å². The normalized spacial score (nSPS) is 12.3. The summed E-state index contributed by atoms with van der Waals surface area (Å²) in [6, 6.07) is 12.8. The van der Waals surface area contributed by atoms with Crippen molar-refractivity contribution in [2.75, 3.05) is 17.1 Å². The zero-order valence-electron chi connectivity index (χ0n) is 19.1. The van der Waals surface area contributed by atoms with Gasteiger partial charge in [-0.3, -0.25) is 13.9 Å². The lowest BCUT2D eigenvalue weighted by atomic mass is 10.1. The Morgan fingerprint density at radius 1 is 1.09 bits per heavy atom. The van der Waals surface area contributed by atoms with E-state index in [-0.39, 0.29) is 18.5 Å². The maximum Gasteiger partial charge on any atom is 0.244 e. The van der Waals surface area contributed by atoms with E-state index in [4.69, 9.17) is 11.6 Å². The molecule has 0 aromatic heterocycles. The summed E-state index contributed by atoms with van der Waals surface area (Å²) in [5.74, 6) is -0.809. The molecule has 0 bridgehead atoms. The third-order valence-corrected chi connectivity index (χ3v) is 6.95. The summed E-state index contributed by atoms with van der Waals surface area (Å²) in [7, 11) is -3.77. The van der Waals surface area contributed by atoms with Crippen molar-refractivity contribution >= 4 is 55.1 Å². The molecule has 2 amide bonds. The molecule has 0 heterocycles. The van der Waals surface area contributed by atoms with E-state index in [1.807, 2.05) is 13.8 Å². The number of nitrogens with zero attached hydrogens (tertiary/aromatic N) is 2. The van der Waals surface area contributed by atoms with Crippen LogP contribution in [0, 0.1) is 0 Å². The fraction of sp³-hybridized carbons (Fsp3) is 0.391. The Bertz CT molecular complexity index is 1080. The Kier molecular flexibility index (Phi) is 9.75. The van der Waals surface area contributed by atoms with Crippen LogP contribution in [0.5, 0.6) is 0 Å². The lowest BCUT2D eigenvalue weighted by Gasteiger charge is -2.33. The molecule has 0 aliphatic rings. The summed E-state index contributed by atoms with van der Waals surface area (Å²) in [6.07, 6.45) is 1.40. The van der Waals surface area contributed by atoms with Crippen LogP contribution in [0.2, 0.25) is 5.02 Å². The van der Waals surface area contributed by atoms with E-state index in [1.165, 1.54) is 4.90 Å². The molecule has 1 N–H and O–H groups in total. The fourth-order valence-electron chi connectivity index (χ4n) is 3.33. The lowest BCUT2D eigenvalue weighted by molar-refractivity contribution is -0.140. The number of halogens is 2. The summed E-state index contributed by atoms with van der Waals surface area (Å²) < 4.78 is 26.9. The number of carbonyl (C=O) groups excluding carboxylic acids is 2. The Hall–Kier alpha value is -2.10. The molecule has 0 fully saturated rings. The second-order valence-corrected chi connectivity index (χ2v) is 11.2. The second kappa shape index (κ2) is 11.9. The van der Waals surface area contributed by atoms with Crippen molar-refractivity contribution in [1.82, 2.24) is 10.2 Å². The average molecular weight is 559 g/mol. The van der Waals surface area contributed by atoms with Crippen LogP contribution < -0.4 is 9.62 Å². The van der Waals surface area contributed by atoms with Gasteiger partial charge in [0, 0.05) is 22.1 Å². The molecule has 0 saturated carbocycles. The van der Waals surface area contributed by atoms with Gasteiger partial charge in [-0.2, -0.15) is 0 Å². The Balaban J connectivity index is 2.44. The van der Waals surface area contributed by atoms with Crippen LogP contribution in [0.1, 0.15) is 32.8 Å². The van der Waals surface area contributed by atoms with E-state index in [0.29, 0.717) is 22.7 Å². The van der Waals surface area contributed by atoms with Gasteiger partial charge in [0.05, 0.1) is 11.9 Å². The van der Waals surface area contributed by atoms with Crippen LogP contribution in [0.4, 0.5) is 5.69 Å². The van der Waals surface area contributed by atoms with Crippen LogP contribution in [-0.2, 0) is 26.2 Å². The smallest absolute Gasteiger partial charge is 0.244 e. The van der Waals surface area contributed by atoms with Gasteiger partial charge in [0.2, 0.25) is 21.8 Å². The molecule has 0 saturated heterocycles. The molecule has 10 heteroatoms. The van der Waals surface area contributed by atoms with Crippen LogP contribution >= 0.6 is 27.5 Å². The van der Waals surface area contributed by atoms with Crippen molar-refractivity contribution in [3.63, 3.8) is 0 Å². The average Bonchev–Trinajstić information content (AvgIpc) is 2.72. The van der Waals surface area contributed by atoms with Crippen molar-refractivity contribution < 1.29 is 18.0 Å². The first-order chi connectivity index (χ1) is 15.4. The molecule has 2 rings (SSSR count). The van der Waals surface area contributed by atoms with Crippen molar-refractivity contribution in [2.45, 2.75) is 45.8 Å². The summed E-state index contributed by atoms with van der Waals surface area (Å²) in [5, 5.41) is 3.31. The molecule has 7 nitrogen and oxygen atoms in total. The molecule has 0 radical (unpaired) electrons. The topological polar surface area (TPSA) is 86.8 Å². The van der Waals surface area contributed by atoms with E-state index < -0.39 is 28.5 Å². The Labute approximate surface area is 209 Å². The number of nitrogens with one attached hydrogen (secondary N) is 1. The quantitative estimate of drug-likeness (QED) is 0.474. The summed E-state index contributed by atoms with van der Waals surface area (Å²) in [4.78, 5) is 27.9. The third-order valence-electron chi connectivity index (χ3n) is 4.91. The first-order valence-electron chi connectivity index (χ1n) is 10.5. The number of carbonyl (C=O) groups is 2. The minimum Gasteiger partial charge on any atom is -0.352 e. The molecule has 2 aromatic carbocycles. The van der Waals surface area contributed by atoms with Crippen molar-refractivity contribution in [1.29, 1.82) is 0 Å². The Morgan fingerprint density at radius 2 is 1.70 bits per heavy atom. The summed E-state index contributed by atoms with van der Waals surface area (Å²) in [6.45, 7) is 5.10. The van der Waals surface area contributed by atoms with E-state index in [1.54, 1.807) is 55.5 Å². The number of benzene rings is 2.